The minimum Gasteiger partial charge on any atom is -0.396 e. The van der Waals surface area contributed by atoms with E-state index >= 15 is 0 Å². The first-order chi connectivity index (χ1) is 10.7. The number of aliphatic hydroxyl groups excluding tert-OH is 1. The molecular weight excluding hydrogens is 411 g/mol. The Balaban J connectivity index is 0.00000484. The highest BCUT2D eigenvalue weighted by Crippen LogP contribution is 2.31. The van der Waals surface area contributed by atoms with Crippen molar-refractivity contribution in [2.45, 2.75) is 12.8 Å². The molecule has 1 fully saturated rings. The number of rotatable bonds is 10. The molecule has 0 aromatic heterocycles. The molecule has 0 aromatic carbocycles. The molecule has 138 valence electrons. The molecule has 8 heteroatoms. The van der Waals surface area contributed by atoms with Crippen LogP contribution in [-0.2, 0) is 9.47 Å². The van der Waals surface area contributed by atoms with Crippen molar-refractivity contribution >= 4 is 29.9 Å². The molecule has 1 rings (SSSR count). The third kappa shape index (κ3) is 9.04. The molecule has 0 bridgehead atoms. The van der Waals surface area contributed by atoms with Crippen LogP contribution in [0.25, 0.3) is 0 Å². The fraction of sp³-hybridized carbons (Fsp3) is 0.933. The highest BCUT2D eigenvalue weighted by molar-refractivity contribution is 14.0. The van der Waals surface area contributed by atoms with Gasteiger partial charge in [-0.15, -0.1) is 24.0 Å². The van der Waals surface area contributed by atoms with Gasteiger partial charge in [-0.1, -0.05) is 0 Å². The Hall–Kier alpha value is -0.160. The quantitative estimate of drug-likeness (QED) is 0.253. The van der Waals surface area contributed by atoms with Crippen LogP contribution in [-0.4, -0.2) is 89.8 Å². The maximum Gasteiger partial charge on any atom is 0.191 e. The topological polar surface area (TPSA) is 78.4 Å². The predicted octanol–water partition coefficient (Wildman–Crippen LogP) is 0.137. The summed E-state index contributed by atoms with van der Waals surface area (Å²) in [4.78, 5) is 6.46. The van der Waals surface area contributed by atoms with Crippen molar-refractivity contribution < 1.29 is 14.6 Å². The number of halogens is 1. The summed E-state index contributed by atoms with van der Waals surface area (Å²) in [6, 6.07) is 0. The molecule has 0 aliphatic carbocycles. The number of aliphatic hydroxyl groups is 1. The van der Waals surface area contributed by atoms with Gasteiger partial charge in [0, 0.05) is 59.0 Å². The second kappa shape index (κ2) is 13.2. The lowest BCUT2D eigenvalue weighted by molar-refractivity contribution is 0.127. The fourth-order valence-corrected chi connectivity index (χ4v) is 2.53. The molecular formula is C15H33IN4O3. The lowest BCUT2D eigenvalue weighted by Crippen LogP contribution is -2.46. The van der Waals surface area contributed by atoms with Crippen molar-refractivity contribution in [2.24, 2.45) is 10.4 Å². The van der Waals surface area contributed by atoms with Crippen LogP contribution < -0.4 is 10.6 Å². The molecule has 0 aromatic rings. The van der Waals surface area contributed by atoms with Crippen LogP contribution in [0.15, 0.2) is 4.99 Å². The van der Waals surface area contributed by atoms with E-state index in [2.05, 4.69) is 27.6 Å². The van der Waals surface area contributed by atoms with Crippen LogP contribution in [0.2, 0.25) is 0 Å². The molecule has 1 aliphatic heterocycles. The number of methoxy groups -OCH3 is 1. The number of nitrogens with one attached hydrogen (secondary N) is 2. The maximum atomic E-state index is 9.24. The van der Waals surface area contributed by atoms with Crippen LogP contribution >= 0.6 is 24.0 Å². The average Bonchev–Trinajstić information content (AvgIpc) is 2.98. The van der Waals surface area contributed by atoms with E-state index in [1.807, 2.05) is 0 Å². The van der Waals surface area contributed by atoms with Crippen molar-refractivity contribution in [2.75, 3.05) is 73.8 Å². The van der Waals surface area contributed by atoms with Crippen LogP contribution in [0.1, 0.15) is 12.8 Å². The third-order valence-corrected chi connectivity index (χ3v) is 4.14. The minimum absolute atomic E-state index is 0. The van der Waals surface area contributed by atoms with Gasteiger partial charge in [0.25, 0.3) is 0 Å². The van der Waals surface area contributed by atoms with Gasteiger partial charge >= 0.3 is 0 Å². The summed E-state index contributed by atoms with van der Waals surface area (Å²) in [6.45, 7) is 5.86. The van der Waals surface area contributed by atoms with Crippen LogP contribution in [0.3, 0.4) is 0 Å². The van der Waals surface area contributed by atoms with Gasteiger partial charge in [-0.2, -0.15) is 0 Å². The van der Waals surface area contributed by atoms with Crippen molar-refractivity contribution in [3.05, 3.63) is 0 Å². The second-order valence-electron chi connectivity index (χ2n) is 5.92. The van der Waals surface area contributed by atoms with E-state index in [1.165, 1.54) is 0 Å². The van der Waals surface area contributed by atoms with Gasteiger partial charge in [-0.3, -0.25) is 4.99 Å². The van der Waals surface area contributed by atoms with E-state index in [0.29, 0.717) is 6.61 Å². The van der Waals surface area contributed by atoms with Crippen molar-refractivity contribution in [1.29, 1.82) is 0 Å². The summed E-state index contributed by atoms with van der Waals surface area (Å²) in [5.74, 6) is 0.796. The summed E-state index contributed by atoms with van der Waals surface area (Å²) in [5.41, 5.74) is 0.0294. The Morgan fingerprint density at radius 3 is 2.74 bits per heavy atom. The van der Waals surface area contributed by atoms with Crippen LogP contribution in [0.5, 0.6) is 0 Å². The zero-order valence-corrected chi connectivity index (χ0v) is 17.0. The van der Waals surface area contributed by atoms with Gasteiger partial charge in [-0.25, -0.2) is 0 Å². The molecule has 3 N–H and O–H groups in total. The first-order valence-corrected chi connectivity index (χ1v) is 7.96. The molecule has 1 heterocycles. The first kappa shape index (κ1) is 22.8. The normalized spacial score (nSPS) is 21.3. The Morgan fingerprint density at radius 2 is 2.17 bits per heavy atom. The Kier molecular flexibility index (Phi) is 13.1. The number of hydrogen-bond acceptors (Lipinski definition) is 5. The van der Waals surface area contributed by atoms with E-state index in [9.17, 15) is 5.11 Å². The molecule has 1 unspecified atom stereocenters. The standard InChI is InChI=1S/C15H32N4O3.HI/c1-16-14(17-6-7-19(2)8-11-21-3)18-12-15(4-9-20)5-10-22-13-15;/h20H,4-13H2,1-3H3,(H2,16,17,18);1H. The number of ether oxygens (including phenoxy) is 2. The Morgan fingerprint density at radius 1 is 1.39 bits per heavy atom. The van der Waals surface area contributed by atoms with E-state index in [1.54, 1.807) is 14.2 Å². The van der Waals surface area contributed by atoms with Gasteiger partial charge < -0.3 is 30.1 Å². The van der Waals surface area contributed by atoms with Crippen LogP contribution in [0, 0.1) is 5.41 Å². The molecule has 1 saturated heterocycles. The molecule has 1 aliphatic rings. The van der Waals surface area contributed by atoms with Gasteiger partial charge in [0.15, 0.2) is 5.96 Å². The average molecular weight is 444 g/mol. The molecule has 0 spiro atoms. The Labute approximate surface area is 157 Å². The van der Waals surface area contributed by atoms with Gasteiger partial charge in [0.05, 0.1) is 13.2 Å². The number of nitrogens with zero attached hydrogens (tertiary/aromatic N) is 2. The number of hydrogen-bond donors (Lipinski definition) is 3. The van der Waals surface area contributed by atoms with Gasteiger partial charge in [0.2, 0.25) is 0 Å². The molecule has 23 heavy (non-hydrogen) atoms. The number of guanidine groups is 1. The lowest BCUT2D eigenvalue weighted by atomic mass is 9.84. The smallest absolute Gasteiger partial charge is 0.191 e. The summed E-state index contributed by atoms with van der Waals surface area (Å²) < 4.78 is 10.6. The van der Waals surface area contributed by atoms with E-state index in [0.717, 1.165) is 58.2 Å². The molecule has 0 radical (unpaired) electrons. The number of likely N-dealkylation sites (N-methyl/N-ethyl adjacent to an activating group) is 1. The number of aliphatic imine (C=N–C) groups is 1. The maximum absolute atomic E-state index is 9.24. The molecule has 0 saturated carbocycles. The molecule has 0 amide bonds. The molecule has 7 nitrogen and oxygen atoms in total. The minimum atomic E-state index is 0. The summed E-state index contributed by atoms with van der Waals surface area (Å²) in [6.07, 6.45) is 1.74. The van der Waals surface area contributed by atoms with Gasteiger partial charge in [-0.05, 0) is 19.9 Å². The zero-order chi connectivity index (χ0) is 16.3. The van der Waals surface area contributed by atoms with E-state index in [-0.39, 0.29) is 36.0 Å². The second-order valence-corrected chi connectivity index (χ2v) is 5.92. The van der Waals surface area contributed by atoms with Gasteiger partial charge in [0.1, 0.15) is 0 Å². The van der Waals surface area contributed by atoms with E-state index < -0.39 is 0 Å². The Bertz CT molecular complexity index is 326. The largest absolute Gasteiger partial charge is 0.396 e. The van der Waals surface area contributed by atoms with Crippen molar-refractivity contribution in [3.8, 4) is 0 Å². The SMILES string of the molecule is CN=C(NCCN(C)CCOC)NCC1(CCO)CCOC1.I. The fourth-order valence-electron chi connectivity index (χ4n) is 2.53. The summed E-state index contributed by atoms with van der Waals surface area (Å²) in [7, 11) is 5.56. The lowest BCUT2D eigenvalue weighted by Gasteiger charge is -2.28. The predicted molar refractivity (Wildman–Crippen MR) is 104 cm³/mol. The van der Waals surface area contributed by atoms with Crippen molar-refractivity contribution in [1.82, 2.24) is 15.5 Å². The summed E-state index contributed by atoms with van der Waals surface area (Å²) in [5, 5.41) is 15.9. The first-order valence-electron chi connectivity index (χ1n) is 7.96. The monoisotopic (exact) mass is 444 g/mol. The zero-order valence-electron chi connectivity index (χ0n) is 14.6. The highest BCUT2D eigenvalue weighted by atomic mass is 127. The molecule has 1 atom stereocenters. The van der Waals surface area contributed by atoms with Crippen molar-refractivity contribution in [3.63, 3.8) is 0 Å². The highest BCUT2D eigenvalue weighted by Gasteiger charge is 2.34. The van der Waals surface area contributed by atoms with E-state index in [4.69, 9.17) is 9.47 Å². The summed E-state index contributed by atoms with van der Waals surface area (Å²) >= 11 is 0. The van der Waals surface area contributed by atoms with Crippen LogP contribution in [0.4, 0.5) is 0 Å². The third-order valence-electron chi connectivity index (χ3n) is 4.14.